The third-order valence-electron chi connectivity index (χ3n) is 10.3. The fraction of sp³-hybridized carbons (Fsp3) is 0.844. The van der Waals surface area contributed by atoms with Crippen LogP contribution in [0.15, 0.2) is 24.3 Å². The van der Waals surface area contributed by atoms with E-state index in [0.29, 0.717) is 12.8 Å². The summed E-state index contributed by atoms with van der Waals surface area (Å²) in [5.41, 5.74) is 0. The number of carboxylic acid groups (broad SMARTS) is 1. The molecule has 11 nitrogen and oxygen atoms in total. The van der Waals surface area contributed by atoms with Crippen molar-refractivity contribution < 1.29 is 53.8 Å². The Bertz CT molecular complexity index is 1030. The van der Waals surface area contributed by atoms with Crippen LogP contribution in [0, 0.1) is 0 Å². The first-order chi connectivity index (χ1) is 27.2. The standard InChI is InChI=1S/C45H80O11/c1-3-5-7-9-11-13-15-16-17-18-19-20-21-22-24-25-27-29-31-33-38(46)53-35-37(36-54-45-42(50)40(48)41(49)43(56-45)44(51)52)55-39(47)34-32-30-28-26-23-14-12-10-8-6-4-2/h10,12,16-17,37,40-43,45,48-50H,3-9,11,13-15,18-36H2,1-2H3,(H,51,52)/b12-10-,17-16-. The van der Waals surface area contributed by atoms with Crippen molar-refractivity contribution in [3.63, 3.8) is 0 Å². The lowest BCUT2D eigenvalue weighted by molar-refractivity contribution is -0.298. The highest BCUT2D eigenvalue weighted by atomic mass is 16.7. The first-order valence-electron chi connectivity index (χ1n) is 22.4. The van der Waals surface area contributed by atoms with Gasteiger partial charge in [-0.05, 0) is 57.8 Å². The van der Waals surface area contributed by atoms with E-state index in [0.717, 1.165) is 57.8 Å². The van der Waals surface area contributed by atoms with Crippen LogP contribution in [0.25, 0.3) is 0 Å². The molecule has 56 heavy (non-hydrogen) atoms. The summed E-state index contributed by atoms with van der Waals surface area (Å²) in [6, 6.07) is 0. The average Bonchev–Trinajstić information content (AvgIpc) is 3.18. The number of aliphatic hydroxyl groups is 3. The molecule has 0 aromatic carbocycles. The van der Waals surface area contributed by atoms with Crippen molar-refractivity contribution in [2.24, 2.45) is 0 Å². The van der Waals surface area contributed by atoms with E-state index in [-0.39, 0.29) is 19.4 Å². The van der Waals surface area contributed by atoms with Gasteiger partial charge in [-0.3, -0.25) is 9.59 Å². The molecule has 0 bridgehead atoms. The van der Waals surface area contributed by atoms with E-state index in [1.54, 1.807) is 0 Å². The molecule has 0 radical (unpaired) electrons. The number of carbonyl (C=O) groups excluding carboxylic acids is 2. The minimum absolute atomic E-state index is 0.173. The summed E-state index contributed by atoms with van der Waals surface area (Å²) in [6.07, 6.45) is 29.5. The van der Waals surface area contributed by atoms with Crippen molar-refractivity contribution in [3.05, 3.63) is 24.3 Å². The van der Waals surface area contributed by atoms with Gasteiger partial charge >= 0.3 is 17.9 Å². The highest BCUT2D eigenvalue weighted by Crippen LogP contribution is 2.23. The second-order valence-corrected chi connectivity index (χ2v) is 15.5. The quantitative estimate of drug-likeness (QED) is 0.0268. The Hall–Kier alpha value is -2.31. The Morgan fingerprint density at radius 2 is 0.964 bits per heavy atom. The third-order valence-corrected chi connectivity index (χ3v) is 10.3. The normalized spacial score (nSPS) is 20.5. The van der Waals surface area contributed by atoms with Crippen LogP contribution < -0.4 is 0 Å². The fourth-order valence-electron chi connectivity index (χ4n) is 6.68. The molecule has 0 aliphatic carbocycles. The Kier molecular flexibility index (Phi) is 33.1. The van der Waals surface area contributed by atoms with E-state index in [9.17, 15) is 34.8 Å². The zero-order valence-electron chi connectivity index (χ0n) is 35.1. The van der Waals surface area contributed by atoms with Crippen LogP contribution >= 0.6 is 0 Å². The van der Waals surface area contributed by atoms with E-state index in [2.05, 4.69) is 38.2 Å². The van der Waals surface area contributed by atoms with Gasteiger partial charge in [-0.25, -0.2) is 4.79 Å². The molecule has 0 aromatic rings. The van der Waals surface area contributed by atoms with E-state index < -0.39 is 61.3 Å². The van der Waals surface area contributed by atoms with Gasteiger partial charge in [0.05, 0.1) is 6.61 Å². The summed E-state index contributed by atoms with van der Waals surface area (Å²) >= 11 is 0. The molecule has 6 unspecified atom stereocenters. The first kappa shape index (κ1) is 51.7. The smallest absolute Gasteiger partial charge is 0.335 e. The van der Waals surface area contributed by atoms with Gasteiger partial charge in [-0.1, -0.05) is 147 Å². The molecule has 0 aromatic heterocycles. The largest absolute Gasteiger partial charge is 0.479 e. The van der Waals surface area contributed by atoms with Gasteiger partial charge in [0.1, 0.15) is 24.9 Å². The fourth-order valence-corrected chi connectivity index (χ4v) is 6.68. The van der Waals surface area contributed by atoms with Crippen molar-refractivity contribution >= 4 is 17.9 Å². The second-order valence-electron chi connectivity index (χ2n) is 15.5. The van der Waals surface area contributed by atoms with Crippen LogP contribution in [-0.4, -0.2) is 88.4 Å². The summed E-state index contributed by atoms with van der Waals surface area (Å²) in [5, 5.41) is 39.7. The van der Waals surface area contributed by atoms with E-state index in [4.69, 9.17) is 18.9 Å². The SMILES string of the molecule is CCCC/C=C\CCCCCCCC(=O)OC(COC(=O)CCCCCCCCCCC/C=C\CCCCCCCC)COC1OC(C(=O)O)C(O)C(O)C1O. The van der Waals surface area contributed by atoms with Gasteiger partial charge in [0.25, 0.3) is 0 Å². The van der Waals surface area contributed by atoms with Crippen molar-refractivity contribution in [1.29, 1.82) is 0 Å². The third kappa shape index (κ3) is 27.3. The van der Waals surface area contributed by atoms with E-state index in [1.165, 1.54) is 96.3 Å². The van der Waals surface area contributed by atoms with Crippen molar-refractivity contribution in [1.82, 2.24) is 0 Å². The molecule has 6 atom stereocenters. The number of aliphatic carboxylic acids is 1. The molecule has 1 saturated heterocycles. The second kappa shape index (κ2) is 35.8. The number of rotatable bonds is 37. The van der Waals surface area contributed by atoms with Gasteiger partial charge in [0.15, 0.2) is 18.5 Å². The summed E-state index contributed by atoms with van der Waals surface area (Å²) in [6.45, 7) is 3.76. The Labute approximate surface area is 339 Å². The predicted octanol–water partition coefficient (Wildman–Crippen LogP) is 9.43. The molecular formula is C45H80O11. The van der Waals surface area contributed by atoms with Crippen LogP contribution in [0.1, 0.15) is 194 Å². The molecule has 0 spiro atoms. The molecular weight excluding hydrogens is 716 g/mol. The zero-order valence-corrected chi connectivity index (χ0v) is 35.1. The van der Waals surface area contributed by atoms with Gasteiger partial charge in [-0.2, -0.15) is 0 Å². The van der Waals surface area contributed by atoms with Crippen LogP contribution in [0.3, 0.4) is 0 Å². The summed E-state index contributed by atoms with van der Waals surface area (Å²) < 4.78 is 21.7. The highest BCUT2D eigenvalue weighted by Gasteiger charge is 2.47. The van der Waals surface area contributed by atoms with Crippen LogP contribution in [-0.2, 0) is 33.3 Å². The lowest BCUT2D eigenvalue weighted by Crippen LogP contribution is -2.60. The summed E-state index contributed by atoms with van der Waals surface area (Å²) in [4.78, 5) is 36.7. The van der Waals surface area contributed by atoms with Crippen molar-refractivity contribution in [2.45, 2.75) is 230 Å². The molecule has 4 N–H and O–H groups in total. The molecule has 1 aliphatic heterocycles. The van der Waals surface area contributed by atoms with Crippen LogP contribution in [0.5, 0.6) is 0 Å². The molecule has 1 heterocycles. The summed E-state index contributed by atoms with van der Waals surface area (Å²) in [7, 11) is 0. The molecule has 0 saturated carbocycles. The van der Waals surface area contributed by atoms with Gasteiger partial charge in [-0.15, -0.1) is 0 Å². The number of unbranched alkanes of at least 4 members (excludes halogenated alkanes) is 22. The minimum atomic E-state index is -1.86. The number of ether oxygens (including phenoxy) is 4. The molecule has 1 rings (SSSR count). The summed E-state index contributed by atoms with van der Waals surface area (Å²) in [5.74, 6) is -2.45. The molecule has 326 valence electrons. The van der Waals surface area contributed by atoms with Crippen LogP contribution in [0.4, 0.5) is 0 Å². The average molecular weight is 797 g/mol. The molecule has 1 aliphatic rings. The number of hydrogen-bond donors (Lipinski definition) is 4. The highest BCUT2D eigenvalue weighted by molar-refractivity contribution is 5.73. The van der Waals surface area contributed by atoms with Crippen molar-refractivity contribution in [3.8, 4) is 0 Å². The Morgan fingerprint density at radius 3 is 1.45 bits per heavy atom. The van der Waals surface area contributed by atoms with Crippen molar-refractivity contribution in [2.75, 3.05) is 13.2 Å². The zero-order chi connectivity index (χ0) is 41.1. The number of carbonyl (C=O) groups is 3. The van der Waals surface area contributed by atoms with E-state index in [1.807, 2.05) is 0 Å². The number of allylic oxidation sites excluding steroid dienone is 4. The lowest BCUT2D eigenvalue weighted by atomic mass is 9.99. The maximum absolute atomic E-state index is 12.7. The maximum atomic E-state index is 12.7. The lowest BCUT2D eigenvalue weighted by Gasteiger charge is -2.38. The monoisotopic (exact) mass is 797 g/mol. The number of esters is 2. The van der Waals surface area contributed by atoms with Gasteiger partial charge in [0, 0.05) is 12.8 Å². The molecule has 0 amide bonds. The minimum Gasteiger partial charge on any atom is -0.479 e. The Balaban J connectivity index is 2.33. The Morgan fingerprint density at radius 1 is 0.536 bits per heavy atom. The number of aliphatic hydroxyl groups excluding tert-OH is 3. The molecule has 1 fully saturated rings. The number of hydrogen-bond acceptors (Lipinski definition) is 10. The van der Waals surface area contributed by atoms with Gasteiger partial charge in [0.2, 0.25) is 0 Å². The molecule has 11 heteroatoms. The van der Waals surface area contributed by atoms with Gasteiger partial charge < -0.3 is 39.4 Å². The predicted molar refractivity (Wildman–Crippen MR) is 220 cm³/mol. The van der Waals surface area contributed by atoms with Crippen LogP contribution in [0.2, 0.25) is 0 Å². The van der Waals surface area contributed by atoms with E-state index >= 15 is 0 Å². The number of carboxylic acids is 1. The maximum Gasteiger partial charge on any atom is 0.335 e. The first-order valence-corrected chi connectivity index (χ1v) is 22.4. The topological polar surface area (TPSA) is 169 Å².